The quantitative estimate of drug-likeness (QED) is 0.405. The van der Waals surface area contributed by atoms with Crippen molar-refractivity contribution >= 4 is 32.4 Å². The van der Waals surface area contributed by atoms with Crippen LogP contribution in [-0.2, 0) is 0 Å². The van der Waals surface area contributed by atoms with Crippen molar-refractivity contribution in [2.24, 2.45) is 0 Å². The average Bonchev–Trinajstić information content (AvgIpc) is 3.54. The van der Waals surface area contributed by atoms with Crippen LogP contribution < -0.4 is 10.6 Å². The fourth-order valence-electron chi connectivity index (χ4n) is 5.12. The molecule has 3 N–H and O–H groups in total. The lowest BCUT2D eigenvalue weighted by Gasteiger charge is -2.29. The summed E-state index contributed by atoms with van der Waals surface area (Å²) in [7, 11) is 2.11. The fraction of sp³-hybridized carbons (Fsp3) is 0.385. The molecule has 0 aliphatic carbocycles. The van der Waals surface area contributed by atoms with Gasteiger partial charge in [0, 0.05) is 36.0 Å². The summed E-state index contributed by atoms with van der Waals surface area (Å²) in [5.41, 5.74) is 3.45. The molecule has 0 spiro atoms. The summed E-state index contributed by atoms with van der Waals surface area (Å²) < 4.78 is 17.9. The van der Waals surface area contributed by atoms with E-state index in [1.165, 1.54) is 17.4 Å². The van der Waals surface area contributed by atoms with Crippen molar-refractivity contribution in [1.29, 1.82) is 0 Å². The highest BCUT2D eigenvalue weighted by Gasteiger charge is 2.25. The first kappa shape index (κ1) is 22.6. The fourth-order valence-corrected chi connectivity index (χ4v) is 6.17. The van der Waals surface area contributed by atoms with E-state index in [2.05, 4.69) is 27.6 Å². The zero-order valence-electron chi connectivity index (χ0n) is 19.5. The number of piperidine rings is 1. The lowest BCUT2D eigenvalue weighted by Crippen LogP contribution is -2.43. The van der Waals surface area contributed by atoms with Crippen LogP contribution in [-0.4, -0.2) is 64.1 Å². The molecule has 0 radical (unpaired) electrons. The molecule has 2 aliphatic rings. The van der Waals surface area contributed by atoms with E-state index in [1.807, 2.05) is 34.9 Å². The molecule has 2 atom stereocenters. The highest BCUT2D eigenvalue weighted by molar-refractivity contribution is 7.23. The molecule has 0 unspecified atom stereocenters. The number of aromatic nitrogens is 2. The molecule has 1 amide bonds. The van der Waals surface area contributed by atoms with Crippen molar-refractivity contribution in [2.45, 2.75) is 37.5 Å². The van der Waals surface area contributed by atoms with Gasteiger partial charge < -0.3 is 20.6 Å². The summed E-state index contributed by atoms with van der Waals surface area (Å²) in [6.45, 7) is 2.52. The number of nitrogens with zero attached hydrogens (tertiary/aromatic N) is 3. The monoisotopic (exact) mass is 493 g/mol. The van der Waals surface area contributed by atoms with Crippen LogP contribution in [0.2, 0.25) is 0 Å². The van der Waals surface area contributed by atoms with Crippen molar-refractivity contribution in [1.82, 2.24) is 24.9 Å². The molecular formula is C26H28FN5O2S. The number of fused-ring (bicyclic) bond motifs is 3. The predicted molar refractivity (Wildman–Crippen MR) is 135 cm³/mol. The van der Waals surface area contributed by atoms with Crippen LogP contribution in [0.1, 0.15) is 41.2 Å². The lowest BCUT2D eigenvalue weighted by atomic mass is 10.0. The lowest BCUT2D eigenvalue weighted by molar-refractivity contribution is 0.0917. The summed E-state index contributed by atoms with van der Waals surface area (Å²) in [5, 5.41) is 16.1. The average molecular weight is 494 g/mol. The number of aliphatic hydroxyl groups excluding tert-OH is 1. The first-order valence-corrected chi connectivity index (χ1v) is 12.9. The maximum absolute atomic E-state index is 15.0. The Morgan fingerprint density at radius 2 is 2.06 bits per heavy atom. The minimum Gasteiger partial charge on any atom is -0.392 e. The zero-order chi connectivity index (χ0) is 24.1. The van der Waals surface area contributed by atoms with E-state index in [0.717, 1.165) is 46.7 Å². The second-order valence-corrected chi connectivity index (χ2v) is 10.7. The van der Waals surface area contributed by atoms with Crippen LogP contribution in [0.4, 0.5) is 4.39 Å². The number of benzene rings is 2. The largest absolute Gasteiger partial charge is 0.392 e. The summed E-state index contributed by atoms with van der Waals surface area (Å²) in [6, 6.07) is 11.1. The number of amides is 1. The van der Waals surface area contributed by atoms with E-state index in [4.69, 9.17) is 0 Å². The van der Waals surface area contributed by atoms with Gasteiger partial charge in [0.25, 0.3) is 5.91 Å². The SMILES string of the molecule is CN1CCC(NC(=O)c2ccc3c(c2)sc2nc(-c4ccc([C@H]5C[C@H](O)CN5)cc4F)cn23)CC1. The predicted octanol–water partition coefficient (Wildman–Crippen LogP) is 3.57. The van der Waals surface area contributed by atoms with Gasteiger partial charge in [0.05, 0.1) is 22.0 Å². The Morgan fingerprint density at radius 1 is 1.23 bits per heavy atom. The number of thiazole rings is 1. The molecule has 4 aromatic rings. The molecule has 4 heterocycles. The van der Waals surface area contributed by atoms with Crippen LogP contribution in [0.15, 0.2) is 42.6 Å². The van der Waals surface area contributed by atoms with E-state index in [1.54, 1.807) is 6.07 Å². The molecule has 7 nitrogen and oxygen atoms in total. The highest BCUT2D eigenvalue weighted by atomic mass is 32.1. The van der Waals surface area contributed by atoms with Crippen molar-refractivity contribution in [3.8, 4) is 11.3 Å². The van der Waals surface area contributed by atoms with E-state index in [0.29, 0.717) is 29.8 Å². The van der Waals surface area contributed by atoms with Crippen molar-refractivity contribution < 1.29 is 14.3 Å². The molecule has 35 heavy (non-hydrogen) atoms. The molecule has 2 aromatic heterocycles. The second kappa shape index (κ2) is 8.98. The van der Waals surface area contributed by atoms with E-state index in [-0.39, 0.29) is 23.8 Å². The Kier molecular flexibility index (Phi) is 5.80. The maximum Gasteiger partial charge on any atom is 0.251 e. The number of rotatable bonds is 4. The van der Waals surface area contributed by atoms with Gasteiger partial charge >= 0.3 is 0 Å². The number of carbonyl (C=O) groups excluding carboxylic acids is 1. The number of aliphatic hydroxyl groups is 1. The van der Waals surface area contributed by atoms with E-state index in [9.17, 15) is 9.90 Å². The van der Waals surface area contributed by atoms with Gasteiger partial charge in [-0.1, -0.05) is 17.4 Å². The summed E-state index contributed by atoms with van der Waals surface area (Å²) in [5.74, 6) is -0.367. The van der Waals surface area contributed by atoms with Gasteiger partial charge in [-0.15, -0.1) is 0 Å². The van der Waals surface area contributed by atoms with Crippen LogP contribution in [0.5, 0.6) is 0 Å². The van der Waals surface area contributed by atoms with Gasteiger partial charge in [0.2, 0.25) is 0 Å². The smallest absolute Gasteiger partial charge is 0.251 e. The maximum atomic E-state index is 15.0. The highest BCUT2D eigenvalue weighted by Crippen LogP contribution is 2.33. The Balaban J connectivity index is 1.23. The molecule has 9 heteroatoms. The summed E-state index contributed by atoms with van der Waals surface area (Å²) in [6.07, 6.45) is 3.98. The molecule has 0 saturated carbocycles. The van der Waals surface area contributed by atoms with Crippen LogP contribution in [0, 0.1) is 5.82 Å². The number of nitrogens with one attached hydrogen (secondary N) is 2. The number of likely N-dealkylation sites (tertiary alicyclic amines) is 1. The Bertz CT molecular complexity index is 1410. The number of β-amino-alcohol motifs (C(OH)–C–C–N with tert-alkyl or cyclic N) is 1. The molecule has 2 aromatic carbocycles. The van der Waals surface area contributed by atoms with Crippen molar-refractivity contribution in [3.05, 3.63) is 59.5 Å². The molecule has 0 bridgehead atoms. The number of hydrogen-bond acceptors (Lipinski definition) is 6. The molecule has 6 rings (SSSR count). The minimum absolute atomic E-state index is 0.0335. The molecule has 2 saturated heterocycles. The molecule has 182 valence electrons. The number of imidazole rings is 1. The van der Waals surface area contributed by atoms with Crippen LogP contribution in [0.3, 0.4) is 0 Å². The standard InChI is InChI=1S/C26H28FN5O2S/c1-31-8-6-17(7-9-31)29-25(34)16-3-5-23-24(11-16)35-26-30-22(14-32(23)26)19-4-2-15(10-20(19)27)21-12-18(33)13-28-21/h2-5,10-11,14,17-18,21,28,33H,6-9,12-13H2,1H3,(H,29,34)/t18-,21+/m0/s1. The second-order valence-electron chi connectivity index (χ2n) is 9.70. The zero-order valence-corrected chi connectivity index (χ0v) is 20.3. The Morgan fingerprint density at radius 3 is 2.80 bits per heavy atom. The molecule has 2 aliphatic heterocycles. The normalized spacial score (nSPS) is 21.8. The van der Waals surface area contributed by atoms with Crippen molar-refractivity contribution in [3.63, 3.8) is 0 Å². The summed E-state index contributed by atoms with van der Waals surface area (Å²) >= 11 is 1.49. The first-order chi connectivity index (χ1) is 16.9. The van der Waals surface area contributed by atoms with E-state index >= 15 is 4.39 Å². The summed E-state index contributed by atoms with van der Waals surface area (Å²) in [4.78, 5) is 20.5. The minimum atomic E-state index is -0.392. The number of carbonyl (C=O) groups is 1. The van der Waals surface area contributed by atoms with Crippen molar-refractivity contribution in [2.75, 3.05) is 26.7 Å². The topological polar surface area (TPSA) is 81.9 Å². The Hall–Kier alpha value is -2.85. The van der Waals surface area contributed by atoms with Crippen LogP contribution in [0.25, 0.3) is 26.4 Å². The van der Waals surface area contributed by atoms with Gasteiger partial charge in [-0.3, -0.25) is 9.20 Å². The molecular weight excluding hydrogens is 465 g/mol. The van der Waals surface area contributed by atoms with Crippen LogP contribution >= 0.6 is 11.3 Å². The molecule has 2 fully saturated rings. The first-order valence-electron chi connectivity index (χ1n) is 12.1. The van der Waals surface area contributed by atoms with Gasteiger partial charge in [0.15, 0.2) is 4.96 Å². The van der Waals surface area contributed by atoms with Gasteiger partial charge in [-0.25, -0.2) is 9.37 Å². The Labute approximate surface area is 206 Å². The third kappa shape index (κ3) is 4.33. The van der Waals surface area contributed by atoms with Gasteiger partial charge in [-0.05, 0) is 75.3 Å². The number of halogens is 1. The van der Waals surface area contributed by atoms with Gasteiger partial charge in [0.1, 0.15) is 5.82 Å². The van der Waals surface area contributed by atoms with Gasteiger partial charge in [-0.2, -0.15) is 0 Å². The third-order valence-electron chi connectivity index (χ3n) is 7.19. The third-order valence-corrected chi connectivity index (χ3v) is 8.21. The number of hydrogen-bond donors (Lipinski definition) is 3. The van der Waals surface area contributed by atoms with E-state index < -0.39 is 6.10 Å².